The third-order valence-electron chi connectivity index (χ3n) is 4.01. The number of carbonyl (C=O) groups is 1. The summed E-state index contributed by atoms with van der Waals surface area (Å²) < 4.78 is 8.77. The van der Waals surface area contributed by atoms with Crippen molar-refractivity contribution in [2.24, 2.45) is 7.05 Å². The van der Waals surface area contributed by atoms with Crippen molar-refractivity contribution in [2.75, 3.05) is 11.1 Å². The number of thioether (sulfide) groups is 1. The van der Waals surface area contributed by atoms with E-state index in [4.69, 9.17) is 4.42 Å². The summed E-state index contributed by atoms with van der Waals surface area (Å²) in [6.07, 6.45) is 1.59. The van der Waals surface area contributed by atoms with E-state index < -0.39 is 0 Å². The number of amides is 1. The molecule has 0 aliphatic carbocycles. The van der Waals surface area contributed by atoms with Gasteiger partial charge in [-0.15, -0.1) is 5.10 Å². The number of rotatable bonds is 6. The predicted octanol–water partition coefficient (Wildman–Crippen LogP) is 1.87. The lowest BCUT2D eigenvalue weighted by Gasteiger charge is -2.11. The van der Waals surface area contributed by atoms with Crippen LogP contribution in [0.3, 0.4) is 0 Å². The summed E-state index contributed by atoms with van der Waals surface area (Å²) in [5, 5.41) is 24.0. The van der Waals surface area contributed by atoms with Gasteiger partial charge in [0.25, 0.3) is 0 Å². The van der Waals surface area contributed by atoms with Gasteiger partial charge in [0.15, 0.2) is 0 Å². The van der Waals surface area contributed by atoms with E-state index in [1.807, 2.05) is 24.5 Å². The van der Waals surface area contributed by atoms with Gasteiger partial charge in [0.2, 0.25) is 11.1 Å². The second-order valence-electron chi connectivity index (χ2n) is 5.63. The Labute approximate surface area is 154 Å². The Bertz CT molecular complexity index is 966. The first-order valence-electron chi connectivity index (χ1n) is 7.78. The highest BCUT2D eigenvalue weighted by Crippen LogP contribution is 2.27. The maximum absolute atomic E-state index is 12.4. The lowest BCUT2D eigenvalue weighted by Crippen LogP contribution is -2.18. The number of aromatic nitrogens is 5. The molecule has 0 aliphatic rings. The lowest BCUT2D eigenvalue weighted by molar-refractivity contribution is -0.113. The van der Waals surface area contributed by atoms with Gasteiger partial charge in [-0.2, -0.15) is 5.26 Å². The highest BCUT2D eigenvalue weighted by atomic mass is 32.2. The third kappa shape index (κ3) is 3.48. The number of aryl methyl sites for hydroxylation is 1. The van der Waals surface area contributed by atoms with E-state index in [0.717, 1.165) is 17.0 Å². The fourth-order valence-corrected chi connectivity index (χ4v) is 3.18. The van der Waals surface area contributed by atoms with Gasteiger partial charge in [0.05, 0.1) is 24.1 Å². The molecule has 3 aromatic heterocycles. The molecule has 134 valence electrons. The van der Waals surface area contributed by atoms with Crippen molar-refractivity contribution in [3.63, 3.8) is 0 Å². The molecule has 3 aromatic rings. The van der Waals surface area contributed by atoms with Crippen LogP contribution in [0, 0.1) is 25.2 Å². The van der Waals surface area contributed by atoms with Crippen LogP contribution in [0.15, 0.2) is 28.0 Å². The highest BCUT2D eigenvalue weighted by Gasteiger charge is 2.20. The summed E-state index contributed by atoms with van der Waals surface area (Å²) in [7, 11) is 1.70. The molecular weight excluding hydrogens is 354 g/mol. The topological polar surface area (TPSA) is 115 Å². The zero-order valence-electron chi connectivity index (χ0n) is 14.6. The third-order valence-corrected chi connectivity index (χ3v) is 5.02. The summed E-state index contributed by atoms with van der Waals surface area (Å²) in [4.78, 5) is 12.4. The molecule has 0 bridgehead atoms. The minimum absolute atomic E-state index is 0.128. The van der Waals surface area contributed by atoms with Crippen LogP contribution in [0.4, 0.5) is 5.82 Å². The summed E-state index contributed by atoms with van der Waals surface area (Å²) in [5.41, 5.74) is 2.19. The number of nitriles is 1. The molecule has 1 amide bonds. The number of tetrazole rings is 1. The quantitative estimate of drug-likeness (QED) is 0.658. The Kier molecular flexibility index (Phi) is 5.09. The maximum Gasteiger partial charge on any atom is 0.235 e. The second kappa shape index (κ2) is 7.45. The van der Waals surface area contributed by atoms with E-state index in [1.54, 1.807) is 19.4 Å². The molecule has 0 aliphatic heterocycles. The van der Waals surface area contributed by atoms with Crippen LogP contribution in [0.5, 0.6) is 0 Å². The molecule has 0 aromatic carbocycles. The second-order valence-corrected chi connectivity index (χ2v) is 6.58. The van der Waals surface area contributed by atoms with Crippen LogP contribution in [0.2, 0.25) is 0 Å². The molecule has 1 N–H and O–H groups in total. The fourth-order valence-electron chi connectivity index (χ4n) is 2.53. The Morgan fingerprint density at radius 1 is 1.46 bits per heavy atom. The average Bonchev–Trinajstić information content (AvgIpc) is 3.32. The fraction of sp³-hybridized carbons (Fsp3) is 0.312. The van der Waals surface area contributed by atoms with Gasteiger partial charge in [0, 0.05) is 12.7 Å². The van der Waals surface area contributed by atoms with Gasteiger partial charge in [-0.3, -0.25) is 4.79 Å². The average molecular weight is 371 g/mol. The minimum atomic E-state index is -0.243. The van der Waals surface area contributed by atoms with Gasteiger partial charge in [-0.1, -0.05) is 11.8 Å². The molecule has 0 saturated carbocycles. The van der Waals surface area contributed by atoms with Crippen molar-refractivity contribution < 1.29 is 9.21 Å². The molecule has 0 fully saturated rings. The van der Waals surface area contributed by atoms with Crippen molar-refractivity contribution in [1.29, 1.82) is 5.26 Å². The predicted molar refractivity (Wildman–Crippen MR) is 94.6 cm³/mol. The molecule has 0 radical (unpaired) electrons. The number of furan rings is 1. The van der Waals surface area contributed by atoms with Crippen molar-refractivity contribution in [2.45, 2.75) is 25.5 Å². The monoisotopic (exact) mass is 371 g/mol. The van der Waals surface area contributed by atoms with Gasteiger partial charge in [0.1, 0.15) is 17.6 Å². The van der Waals surface area contributed by atoms with Crippen molar-refractivity contribution in [3.05, 3.63) is 41.0 Å². The Balaban J connectivity index is 1.81. The Morgan fingerprint density at radius 3 is 2.88 bits per heavy atom. The van der Waals surface area contributed by atoms with Gasteiger partial charge in [-0.25, -0.2) is 4.68 Å². The van der Waals surface area contributed by atoms with Gasteiger partial charge in [-0.05, 0) is 42.0 Å². The molecule has 0 saturated heterocycles. The van der Waals surface area contributed by atoms with Crippen molar-refractivity contribution >= 4 is 23.5 Å². The molecule has 26 heavy (non-hydrogen) atoms. The lowest BCUT2D eigenvalue weighted by atomic mass is 10.2. The molecule has 3 rings (SSSR count). The van der Waals surface area contributed by atoms with Gasteiger partial charge >= 0.3 is 0 Å². The van der Waals surface area contributed by atoms with E-state index in [2.05, 4.69) is 26.9 Å². The van der Waals surface area contributed by atoms with Gasteiger partial charge < -0.3 is 14.3 Å². The Hall–Kier alpha value is -3.06. The first-order valence-corrected chi connectivity index (χ1v) is 8.77. The van der Waals surface area contributed by atoms with Crippen LogP contribution < -0.4 is 5.32 Å². The number of nitrogens with zero attached hydrogens (tertiary/aromatic N) is 6. The van der Waals surface area contributed by atoms with Crippen LogP contribution in [-0.2, 0) is 18.4 Å². The molecule has 0 spiro atoms. The summed E-state index contributed by atoms with van der Waals surface area (Å²) in [6, 6.07) is 5.83. The van der Waals surface area contributed by atoms with E-state index in [9.17, 15) is 10.1 Å². The van der Waals surface area contributed by atoms with E-state index >= 15 is 0 Å². The SMILES string of the molecule is Cc1c(C#N)c(NC(=O)CSc2nnnn2C)n(Cc2ccco2)c1C. The number of carbonyl (C=O) groups excluding carboxylic acids is 1. The highest BCUT2D eigenvalue weighted by molar-refractivity contribution is 7.99. The van der Waals surface area contributed by atoms with E-state index in [0.29, 0.717) is 23.1 Å². The summed E-state index contributed by atoms with van der Waals surface area (Å²) in [6.45, 7) is 4.20. The maximum atomic E-state index is 12.4. The molecular formula is C16H17N7O2S. The standard InChI is InChI=1S/C16H17N7O2S/c1-10-11(2)23(8-12-5-4-6-25-12)15(13(10)7-17)18-14(24)9-26-16-19-20-21-22(16)3/h4-6H,8-9H2,1-3H3,(H,18,24). The minimum Gasteiger partial charge on any atom is -0.467 e. The van der Waals surface area contributed by atoms with Crippen LogP contribution in [-0.4, -0.2) is 36.4 Å². The van der Waals surface area contributed by atoms with Crippen molar-refractivity contribution in [1.82, 2.24) is 24.8 Å². The van der Waals surface area contributed by atoms with Crippen LogP contribution in [0.25, 0.3) is 0 Å². The number of hydrogen-bond acceptors (Lipinski definition) is 7. The van der Waals surface area contributed by atoms with Crippen LogP contribution >= 0.6 is 11.8 Å². The molecule has 0 unspecified atom stereocenters. The molecule has 9 nitrogen and oxygen atoms in total. The Morgan fingerprint density at radius 2 is 2.27 bits per heavy atom. The number of anilines is 1. The normalized spacial score (nSPS) is 10.7. The smallest absolute Gasteiger partial charge is 0.235 e. The zero-order chi connectivity index (χ0) is 18.7. The molecule has 3 heterocycles. The number of hydrogen-bond donors (Lipinski definition) is 1. The van der Waals surface area contributed by atoms with E-state index in [-0.39, 0.29) is 11.7 Å². The summed E-state index contributed by atoms with van der Waals surface area (Å²) >= 11 is 1.22. The first kappa shape index (κ1) is 17.8. The zero-order valence-corrected chi connectivity index (χ0v) is 15.4. The largest absolute Gasteiger partial charge is 0.467 e. The molecule has 10 heteroatoms. The number of nitrogens with one attached hydrogen (secondary N) is 1. The van der Waals surface area contributed by atoms with Crippen LogP contribution in [0.1, 0.15) is 22.6 Å². The first-order chi connectivity index (χ1) is 12.5. The summed E-state index contributed by atoms with van der Waals surface area (Å²) in [5.74, 6) is 1.10. The van der Waals surface area contributed by atoms with Crippen molar-refractivity contribution in [3.8, 4) is 6.07 Å². The molecule has 0 atom stereocenters. The van der Waals surface area contributed by atoms with E-state index in [1.165, 1.54) is 16.4 Å².